The molecule has 2 atom stereocenters. The van der Waals surface area contributed by atoms with Crippen LogP contribution in [0.1, 0.15) is 63.9 Å². The number of likely N-dealkylation sites (tertiary alicyclic amines) is 1. The second-order valence-electron chi connectivity index (χ2n) is 8.87. The maximum atomic E-state index is 13.5. The van der Waals surface area contributed by atoms with Gasteiger partial charge in [-0.1, -0.05) is 55.8 Å². The SMILES string of the molecule is CCC1=C(CC)C(C2CNC[C@H]2C(=O)N2CCC(c3ccccc3)CC2)=CCC1. The van der Waals surface area contributed by atoms with Crippen LogP contribution in [0.25, 0.3) is 0 Å². The summed E-state index contributed by atoms with van der Waals surface area (Å²) in [7, 11) is 0. The molecule has 2 saturated heterocycles. The Morgan fingerprint density at radius 3 is 2.52 bits per heavy atom. The molecule has 3 aliphatic rings. The van der Waals surface area contributed by atoms with E-state index in [1.54, 1.807) is 11.1 Å². The van der Waals surface area contributed by atoms with Crippen molar-refractivity contribution in [3.05, 3.63) is 58.7 Å². The van der Waals surface area contributed by atoms with E-state index in [1.165, 1.54) is 17.6 Å². The standard InChI is InChI=1S/C26H36N2O/c1-3-19-11-8-12-23(22(19)4-2)24-17-27-18-25(24)26(29)28-15-13-21(14-16-28)20-9-6-5-7-10-20/h5-7,9-10,12,21,24-25,27H,3-4,8,11,13-18H2,1-2H3/t24?,25-/m1/s1. The van der Waals surface area contributed by atoms with Gasteiger partial charge in [-0.2, -0.15) is 0 Å². The van der Waals surface area contributed by atoms with Gasteiger partial charge in [0.15, 0.2) is 0 Å². The fourth-order valence-electron chi connectivity index (χ4n) is 5.76. The highest BCUT2D eigenvalue weighted by molar-refractivity contribution is 5.80. The summed E-state index contributed by atoms with van der Waals surface area (Å²) in [5.41, 5.74) is 6.08. The molecule has 1 aliphatic carbocycles. The molecule has 29 heavy (non-hydrogen) atoms. The third-order valence-corrected chi connectivity index (χ3v) is 7.37. The van der Waals surface area contributed by atoms with Crippen molar-refractivity contribution in [2.24, 2.45) is 11.8 Å². The van der Waals surface area contributed by atoms with Gasteiger partial charge in [-0.25, -0.2) is 0 Å². The van der Waals surface area contributed by atoms with Crippen molar-refractivity contribution >= 4 is 5.91 Å². The van der Waals surface area contributed by atoms with Crippen LogP contribution in [0.2, 0.25) is 0 Å². The molecule has 0 radical (unpaired) electrons. The lowest BCUT2D eigenvalue weighted by atomic mass is 9.77. The van der Waals surface area contributed by atoms with Crippen molar-refractivity contribution in [2.75, 3.05) is 26.2 Å². The summed E-state index contributed by atoms with van der Waals surface area (Å²) in [6.07, 6.45) is 9.20. The molecule has 3 heteroatoms. The molecular weight excluding hydrogens is 356 g/mol. The number of nitrogens with zero attached hydrogens (tertiary/aromatic N) is 1. The van der Waals surface area contributed by atoms with Crippen molar-refractivity contribution in [2.45, 2.75) is 58.3 Å². The van der Waals surface area contributed by atoms with Gasteiger partial charge in [-0.3, -0.25) is 4.79 Å². The van der Waals surface area contributed by atoms with Gasteiger partial charge in [0.1, 0.15) is 0 Å². The largest absolute Gasteiger partial charge is 0.342 e. The first kappa shape index (κ1) is 20.4. The summed E-state index contributed by atoms with van der Waals surface area (Å²) >= 11 is 0. The number of carbonyl (C=O) groups is 1. The highest BCUT2D eigenvalue weighted by atomic mass is 16.2. The zero-order valence-corrected chi connectivity index (χ0v) is 18.1. The molecule has 0 saturated carbocycles. The number of piperidine rings is 1. The molecular formula is C26H36N2O. The summed E-state index contributed by atoms with van der Waals surface area (Å²) in [4.78, 5) is 15.6. The normalized spacial score (nSPS) is 26.0. The minimum Gasteiger partial charge on any atom is -0.342 e. The summed E-state index contributed by atoms with van der Waals surface area (Å²) in [5, 5.41) is 3.54. The topological polar surface area (TPSA) is 32.3 Å². The van der Waals surface area contributed by atoms with Crippen molar-refractivity contribution in [1.29, 1.82) is 0 Å². The molecule has 1 aromatic carbocycles. The molecule has 1 unspecified atom stereocenters. The average Bonchev–Trinajstić information content (AvgIpc) is 3.28. The number of carbonyl (C=O) groups excluding carboxylic acids is 1. The van der Waals surface area contributed by atoms with Crippen molar-refractivity contribution in [3.63, 3.8) is 0 Å². The Bertz CT molecular complexity index is 771. The van der Waals surface area contributed by atoms with E-state index in [0.717, 1.165) is 58.3 Å². The summed E-state index contributed by atoms with van der Waals surface area (Å²) in [6, 6.07) is 10.8. The van der Waals surface area contributed by atoms with Crippen LogP contribution < -0.4 is 5.32 Å². The molecule has 0 bridgehead atoms. The fraction of sp³-hybridized carbons (Fsp3) is 0.577. The minimum absolute atomic E-state index is 0.104. The van der Waals surface area contributed by atoms with E-state index in [9.17, 15) is 4.79 Å². The quantitative estimate of drug-likeness (QED) is 0.759. The first-order valence-electron chi connectivity index (χ1n) is 11.7. The van der Waals surface area contributed by atoms with Gasteiger partial charge in [0.05, 0.1) is 5.92 Å². The Labute approximate surface area is 176 Å². The molecule has 0 spiro atoms. The zero-order valence-electron chi connectivity index (χ0n) is 18.1. The van der Waals surface area contributed by atoms with Gasteiger partial charge in [-0.15, -0.1) is 0 Å². The second kappa shape index (κ2) is 9.30. The second-order valence-corrected chi connectivity index (χ2v) is 8.87. The van der Waals surface area contributed by atoms with Crippen LogP contribution in [0.4, 0.5) is 0 Å². The maximum Gasteiger partial charge on any atom is 0.227 e. The number of nitrogens with one attached hydrogen (secondary N) is 1. The first-order valence-corrected chi connectivity index (χ1v) is 11.7. The smallest absolute Gasteiger partial charge is 0.227 e. The van der Waals surface area contributed by atoms with Crippen molar-refractivity contribution in [1.82, 2.24) is 10.2 Å². The van der Waals surface area contributed by atoms with Gasteiger partial charge in [0.25, 0.3) is 0 Å². The summed E-state index contributed by atoms with van der Waals surface area (Å²) in [5.74, 6) is 1.44. The minimum atomic E-state index is 0.104. The Morgan fingerprint density at radius 1 is 1.07 bits per heavy atom. The van der Waals surface area contributed by atoms with E-state index in [1.807, 2.05) is 0 Å². The van der Waals surface area contributed by atoms with Crippen LogP contribution in [0.5, 0.6) is 0 Å². The molecule has 1 aromatic rings. The first-order chi connectivity index (χ1) is 14.2. The lowest BCUT2D eigenvalue weighted by Crippen LogP contribution is -2.43. The molecule has 1 amide bonds. The van der Waals surface area contributed by atoms with E-state index < -0.39 is 0 Å². The van der Waals surface area contributed by atoms with E-state index >= 15 is 0 Å². The van der Waals surface area contributed by atoms with E-state index in [0.29, 0.717) is 17.7 Å². The molecule has 2 fully saturated rings. The van der Waals surface area contributed by atoms with Gasteiger partial charge in [-0.05, 0) is 61.2 Å². The molecule has 0 aromatic heterocycles. The fourth-order valence-corrected chi connectivity index (χ4v) is 5.76. The van der Waals surface area contributed by atoms with Crippen LogP contribution in [-0.4, -0.2) is 37.0 Å². The van der Waals surface area contributed by atoms with Crippen LogP contribution in [0.3, 0.4) is 0 Å². The van der Waals surface area contributed by atoms with Crippen LogP contribution >= 0.6 is 0 Å². The average molecular weight is 393 g/mol. The predicted octanol–water partition coefficient (Wildman–Crippen LogP) is 5.07. The number of benzene rings is 1. The van der Waals surface area contributed by atoms with Crippen LogP contribution in [0.15, 0.2) is 53.1 Å². The number of amides is 1. The lowest BCUT2D eigenvalue weighted by molar-refractivity contribution is -0.136. The Balaban J connectivity index is 1.44. The molecule has 2 heterocycles. The third-order valence-electron chi connectivity index (χ3n) is 7.37. The Kier molecular flexibility index (Phi) is 6.54. The molecule has 156 valence electrons. The van der Waals surface area contributed by atoms with Gasteiger partial charge in [0, 0.05) is 32.1 Å². The maximum absolute atomic E-state index is 13.5. The third kappa shape index (κ3) is 4.21. The molecule has 4 rings (SSSR count). The Morgan fingerprint density at radius 2 is 1.83 bits per heavy atom. The highest BCUT2D eigenvalue weighted by Crippen LogP contribution is 2.39. The van der Waals surface area contributed by atoms with Gasteiger partial charge < -0.3 is 10.2 Å². The van der Waals surface area contributed by atoms with Gasteiger partial charge in [0.2, 0.25) is 5.91 Å². The number of hydrogen-bond donors (Lipinski definition) is 1. The number of rotatable bonds is 5. The summed E-state index contributed by atoms with van der Waals surface area (Å²) < 4.78 is 0. The molecule has 3 nitrogen and oxygen atoms in total. The van der Waals surface area contributed by atoms with Crippen LogP contribution in [0, 0.1) is 11.8 Å². The number of allylic oxidation sites excluding steroid dienone is 3. The van der Waals surface area contributed by atoms with Crippen LogP contribution in [-0.2, 0) is 4.79 Å². The predicted molar refractivity (Wildman–Crippen MR) is 120 cm³/mol. The Hall–Kier alpha value is -1.87. The van der Waals surface area contributed by atoms with Gasteiger partial charge >= 0.3 is 0 Å². The van der Waals surface area contributed by atoms with Crippen molar-refractivity contribution < 1.29 is 4.79 Å². The summed E-state index contributed by atoms with van der Waals surface area (Å²) in [6.45, 7) is 8.13. The zero-order chi connectivity index (χ0) is 20.2. The van der Waals surface area contributed by atoms with E-state index in [4.69, 9.17) is 0 Å². The lowest BCUT2D eigenvalue weighted by Gasteiger charge is -2.36. The highest BCUT2D eigenvalue weighted by Gasteiger charge is 2.39. The monoisotopic (exact) mass is 392 g/mol. The molecule has 2 aliphatic heterocycles. The van der Waals surface area contributed by atoms with Crippen molar-refractivity contribution in [3.8, 4) is 0 Å². The van der Waals surface area contributed by atoms with E-state index in [-0.39, 0.29) is 5.92 Å². The molecule has 1 N–H and O–H groups in total. The number of hydrogen-bond acceptors (Lipinski definition) is 2. The van der Waals surface area contributed by atoms with E-state index in [2.05, 4.69) is 60.5 Å².